The number of nitriles is 1. The Labute approximate surface area is 110 Å². The molecule has 98 valence electrons. The molecule has 4 heteroatoms. The van der Waals surface area contributed by atoms with E-state index in [0.29, 0.717) is 11.3 Å². The summed E-state index contributed by atoms with van der Waals surface area (Å²) in [6.07, 6.45) is 1.08. The van der Waals surface area contributed by atoms with E-state index in [4.69, 9.17) is 11.0 Å². The van der Waals surface area contributed by atoms with E-state index in [0.717, 1.165) is 31.7 Å². The van der Waals surface area contributed by atoms with Crippen LogP contribution >= 0.6 is 0 Å². The van der Waals surface area contributed by atoms with E-state index in [1.165, 1.54) is 0 Å². The lowest BCUT2D eigenvalue weighted by Gasteiger charge is -2.27. The van der Waals surface area contributed by atoms with Gasteiger partial charge in [-0.3, -0.25) is 0 Å². The van der Waals surface area contributed by atoms with Crippen molar-refractivity contribution in [2.24, 2.45) is 0 Å². The van der Waals surface area contributed by atoms with Crippen LogP contribution in [0.3, 0.4) is 0 Å². The highest BCUT2D eigenvalue weighted by Crippen LogP contribution is 2.24. The highest BCUT2D eigenvalue weighted by Gasteiger charge is 2.09. The predicted octanol–water partition coefficient (Wildman–Crippen LogP) is 1.92. The Balaban J connectivity index is 2.88. The van der Waals surface area contributed by atoms with Crippen LogP contribution < -0.4 is 10.6 Å². The van der Waals surface area contributed by atoms with Crippen molar-refractivity contribution in [2.75, 3.05) is 44.4 Å². The van der Waals surface area contributed by atoms with Crippen LogP contribution in [0.5, 0.6) is 0 Å². The zero-order valence-corrected chi connectivity index (χ0v) is 11.5. The first kappa shape index (κ1) is 14.3. The van der Waals surface area contributed by atoms with Gasteiger partial charge in [0.2, 0.25) is 0 Å². The average molecular weight is 246 g/mol. The standard InChI is InChI=1S/C14H22N4/c1-4-7-18(9-8-17(2)3)14-6-5-12(11-15)10-13(14)16/h5-6,10H,4,7-9,16H2,1-3H3. The first-order chi connectivity index (χ1) is 8.58. The number of likely N-dealkylation sites (N-methyl/N-ethyl adjacent to an activating group) is 1. The molecule has 0 radical (unpaired) electrons. The van der Waals surface area contributed by atoms with Crippen LogP contribution in [0.1, 0.15) is 18.9 Å². The molecule has 0 aliphatic heterocycles. The van der Waals surface area contributed by atoms with Gasteiger partial charge in [0, 0.05) is 19.6 Å². The monoisotopic (exact) mass is 246 g/mol. The minimum atomic E-state index is 0.611. The minimum Gasteiger partial charge on any atom is -0.397 e. The molecule has 0 aromatic heterocycles. The molecular formula is C14H22N4. The van der Waals surface area contributed by atoms with Gasteiger partial charge < -0.3 is 15.5 Å². The molecule has 0 atom stereocenters. The summed E-state index contributed by atoms with van der Waals surface area (Å²) in [6.45, 7) is 5.06. The van der Waals surface area contributed by atoms with Gasteiger partial charge in [0.15, 0.2) is 0 Å². The molecule has 1 aromatic carbocycles. The fourth-order valence-electron chi connectivity index (χ4n) is 1.86. The number of hydrogen-bond donors (Lipinski definition) is 1. The summed E-state index contributed by atoms with van der Waals surface area (Å²) in [7, 11) is 4.12. The summed E-state index contributed by atoms with van der Waals surface area (Å²) in [5, 5.41) is 8.85. The van der Waals surface area contributed by atoms with E-state index in [-0.39, 0.29) is 0 Å². The number of nitrogens with two attached hydrogens (primary N) is 1. The number of nitrogens with zero attached hydrogens (tertiary/aromatic N) is 3. The fraction of sp³-hybridized carbons (Fsp3) is 0.500. The summed E-state index contributed by atoms with van der Waals surface area (Å²) in [4.78, 5) is 4.43. The van der Waals surface area contributed by atoms with Crippen LogP contribution in [0, 0.1) is 11.3 Å². The normalized spacial score (nSPS) is 10.4. The molecule has 0 saturated heterocycles. The van der Waals surface area contributed by atoms with Gasteiger partial charge in [-0.05, 0) is 38.7 Å². The molecule has 0 aliphatic rings. The van der Waals surface area contributed by atoms with Crippen molar-refractivity contribution < 1.29 is 0 Å². The highest BCUT2D eigenvalue weighted by molar-refractivity contribution is 5.69. The van der Waals surface area contributed by atoms with Gasteiger partial charge in [0.05, 0.1) is 23.0 Å². The Morgan fingerprint density at radius 2 is 1.94 bits per heavy atom. The highest BCUT2D eigenvalue weighted by atomic mass is 15.2. The largest absolute Gasteiger partial charge is 0.397 e. The Hall–Kier alpha value is -1.73. The molecule has 0 unspecified atom stereocenters. The molecule has 4 nitrogen and oxygen atoms in total. The number of anilines is 2. The quantitative estimate of drug-likeness (QED) is 0.779. The number of rotatable bonds is 6. The molecule has 0 aliphatic carbocycles. The average Bonchev–Trinajstić information content (AvgIpc) is 2.34. The summed E-state index contributed by atoms with van der Waals surface area (Å²) in [6, 6.07) is 7.62. The Kier molecular flexibility index (Phi) is 5.47. The molecule has 2 N–H and O–H groups in total. The van der Waals surface area contributed by atoms with Gasteiger partial charge in [-0.2, -0.15) is 5.26 Å². The molecule has 1 aromatic rings. The van der Waals surface area contributed by atoms with Crippen LogP contribution in [0.2, 0.25) is 0 Å². The van der Waals surface area contributed by atoms with Crippen LogP contribution in [0.15, 0.2) is 18.2 Å². The molecule has 0 bridgehead atoms. The van der Waals surface area contributed by atoms with E-state index < -0.39 is 0 Å². The first-order valence-corrected chi connectivity index (χ1v) is 6.27. The molecule has 0 spiro atoms. The lowest BCUT2D eigenvalue weighted by molar-refractivity contribution is 0.413. The molecule has 0 heterocycles. The van der Waals surface area contributed by atoms with Gasteiger partial charge in [0.25, 0.3) is 0 Å². The zero-order chi connectivity index (χ0) is 13.5. The Morgan fingerprint density at radius 3 is 2.44 bits per heavy atom. The van der Waals surface area contributed by atoms with E-state index in [2.05, 4.69) is 36.9 Å². The SMILES string of the molecule is CCCN(CCN(C)C)c1ccc(C#N)cc1N. The zero-order valence-electron chi connectivity index (χ0n) is 11.5. The van der Waals surface area contributed by atoms with Crippen LogP contribution in [-0.2, 0) is 0 Å². The van der Waals surface area contributed by atoms with Gasteiger partial charge in [-0.25, -0.2) is 0 Å². The van der Waals surface area contributed by atoms with Gasteiger partial charge >= 0.3 is 0 Å². The Bertz CT molecular complexity index is 420. The van der Waals surface area contributed by atoms with Crippen molar-refractivity contribution in [1.29, 1.82) is 5.26 Å². The third-order valence-electron chi connectivity index (χ3n) is 2.81. The molecule has 0 saturated carbocycles. The van der Waals surface area contributed by atoms with Crippen molar-refractivity contribution in [3.63, 3.8) is 0 Å². The molecule has 0 amide bonds. The van der Waals surface area contributed by atoms with Crippen molar-refractivity contribution in [3.8, 4) is 6.07 Å². The van der Waals surface area contributed by atoms with E-state index in [9.17, 15) is 0 Å². The third kappa shape index (κ3) is 3.94. The Morgan fingerprint density at radius 1 is 1.22 bits per heavy atom. The smallest absolute Gasteiger partial charge is 0.0992 e. The van der Waals surface area contributed by atoms with E-state index in [1.807, 2.05) is 12.1 Å². The first-order valence-electron chi connectivity index (χ1n) is 6.27. The third-order valence-corrected chi connectivity index (χ3v) is 2.81. The van der Waals surface area contributed by atoms with Crippen LogP contribution in [0.25, 0.3) is 0 Å². The van der Waals surface area contributed by atoms with Gasteiger partial charge in [-0.15, -0.1) is 0 Å². The number of benzene rings is 1. The summed E-state index contributed by atoms with van der Waals surface area (Å²) < 4.78 is 0. The maximum Gasteiger partial charge on any atom is 0.0992 e. The van der Waals surface area contributed by atoms with Crippen molar-refractivity contribution in [3.05, 3.63) is 23.8 Å². The lowest BCUT2D eigenvalue weighted by atomic mass is 10.1. The van der Waals surface area contributed by atoms with Crippen LogP contribution in [-0.4, -0.2) is 38.6 Å². The van der Waals surface area contributed by atoms with Gasteiger partial charge in [0.1, 0.15) is 0 Å². The molecule has 0 fully saturated rings. The minimum absolute atomic E-state index is 0.611. The predicted molar refractivity (Wildman–Crippen MR) is 76.6 cm³/mol. The lowest BCUT2D eigenvalue weighted by Crippen LogP contribution is -2.32. The number of nitrogen functional groups attached to an aromatic ring is 1. The maximum absolute atomic E-state index is 8.85. The van der Waals surface area contributed by atoms with Crippen molar-refractivity contribution >= 4 is 11.4 Å². The maximum atomic E-state index is 8.85. The fourth-order valence-corrected chi connectivity index (χ4v) is 1.86. The van der Waals surface area contributed by atoms with Crippen molar-refractivity contribution in [1.82, 2.24) is 4.90 Å². The topological polar surface area (TPSA) is 56.3 Å². The molecular weight excluding hydrogens is 224 g/mol. The van der Waals surface area contributed by atoms with E-state index in [1.54, 1.807) is 6.07 Å². The summed E-state index contributed by atoms with van der Waals surface area (Å²) in [5.74, 6) is 0. The molecule has 1 rings (SSSR count). The summed E-state index contributed by atoms with van der Waals surface area (Å²) in [5.41, 5.74) is 8.35. The van der Waals surface area contributed by atoms with E-state index >= 15 is 0 Å². The second-order valence-corrected chi connectivity index (χ2v) is 4.68. The van der Waals surface area contributed by atoms with Crippen LogP contribution in [0.4, 0.5) is 11.4 Å². The number of hydrogen-bond acceptors (Lipinski definition) is 4. The second kappa shape index (κ2) is 6.87. The van der Waals surface area contributed by atoms with Gasteiger partial charge in [-0.1, -0.05) is 6.92 Å². The molecule has 18 heavy (non-hydrogen) atoms. The summed E-state index contributed by atoms with van der Waals surface area (Å²) >= 11 is 0. The second-order valence-electron chi connectivity index (χ2n) is 4.68. The van der Waals surface area contributed by atoms with Crippen molar-refractivity contribution in [2.45, 2.75) is 13.3 Å².